The summed E-state index contributed by atoms with van der Waals surface area (Å²) in [6.07, 6.45) is -2.41. The number of benzene rings is 1. The maximum absolute atomic E-state index is 13.0. The Morgan fingerprint density at radius 3 is 2.50 bits per heavy atom. The average Bonchev–Trinajstić information content (AvgIpc) is 2.45. The second-order valence-corrected chi connectivity index (χ2v) is 5.08. The molecule has 112 valence electrons. The van der Waals surface area contributed by atoms with Crippen molar-refractivity contribution in [2.75, 3.05) is 13.2 Å². The minimum Gasteiger partial charge on any atom is -0.381 e. The van der Waals surface area contributed by atoms with Gasteiger partial charge in [0.25, 0.3) is 0 Å². The van der Waals surface area contributed by atoms with E-state index in [1.165, 1.54) is 12.1 Å². The molecule has 2 rings (SSSR count). The summed E-state index contributed by atoms with van der Waals surface area (Å²) in [5.41, 5.74) is 2.39. The van der Waals surface area contributed by atoms with E-state index < -0.39 is 11.7 Å². The van der Waals surface area contributed by atoms with Gasteiger partial charge in [-0.05, 0) is 36.8 Å². The Kier molecular flexibility index (Phi) is 5.01. The molecule has 1 aliphatic heterocycles. The first kappa shape index (κ1) is 15.3. The first-order valence-electron chi connectivity index (χ1n) is 6.71. The smallest absolute Gasteiger partial charge is 0.381 e. The maximum Gasteiger partial charge on any atom is 0.416 e. The van der Waals surface area contributed by atoms with E-state index in [-0.39, 0.29) is 23.9 Å². The van der Waals surface area contributed by atoms with Gasteiger partial charge in [0.15, 0.2) is 0 Å². The molecule has 3 nitrogen and oxygen atoms in total. The molecule has 0 saturated carbocycles. The van der Waals surface area contributed by atoms with Gasteiger partial charge >= 0.3 is 6.18 Å². The zero-order valence-electron chi connectivity index (χ0n) is 11.1. The zero-order chi connectivity index (χ0) is 14.6. The summed E-state index contributed by atoms with van der Waals surface area (Å²) in [6.45, 7) is 1.29. The van der Waals surface area contributed by atoms with Crippen LogP contribution in [-0.4, -0.2) is 19.3 Å². The number of alkyl halides is 3. The summed E-state index contributed by atoms with van der Waals surface area (Å²) in [4.78, 5) is 0. The van der Waals surface area contributed by atoms with Crippen molar-refractivity contribution in [1.29, 1.82) is 0 Å². The highest BCUT2D eigenvalue weighted by Crippen LogP contribution is 2.33. The van der Waals surface area contributed by atoms with Crippen molar-refractivity contribution in [3.8, 4) is 0 Å². The Balaban J connectivity index is 2.15. The van der Waals surface area contributed by atoms with Crippen molar-refractivity contribution in [2.24, 2.45) is 11.8 Å². The van der Waals surface area contributed by atoms with E-state index in [2.05, 4.69) is 5.43 Å². The van der Waals surface area contributed by atoms with E-state index in [0.29, 0.717) is 13.2 Å². The van der Waals surface area contributed by atoms with Gasteiger partial charge in [-0.3, -0.25) is 11.3 Å². The lowest BCUT2D eigenvalue weighted by Gasteiger charge is -2.30. The summed E-state index contributed by atoms with van der Waals surface area (Å²) in [5, 5.41) is 0. The normalized spacial score (nSPS) is 19.0. The van der Waals surface area contributed by atoms with Crippen LogP contribution in [-0.2, 0) is 17.3 Å². The quantitative estimate of drug-likeness (QED) is 0.661. The van der Waals surface area contributed by atoms with Crippen molar-refractivity contribution in [2.45, 2.75) is 31.5 Å². The maximum atomic E-state index is 13.0. The number of hydrazine groups is 1. The van der Waals surface area contributed by atoms with Crippen molar-refractivity contribution < 1.29 is 17.9 Å². The number of hydrogen-bond acceptors (Lipinski definition) is 3. The Morgan fingerprint density at radius 1 is 1.25 bits per heavy atom. The highest BCUT2D eigenvalue weighted by molar-refractivity contribution is 5.30. The Hall–Kier alpha value is -1.11. The molecule has 1 atom stereocenters. The van der Waals surface area contributed by atoms with Crippen LogP contribution in [0.3, 0.4) is 0 Å². The van der Waals surface area contributed by atoms with Crippen LogP contribution < -0.4 is 11.3 Å². The van der Waals surface area contributed by atoms with Gasteiger partial charge in [-0.2, -0.15) is 13.2 Å². The molecule has 0 amide bonds. The van der Waals surface area contributed by atoms with Gasteiger partial charge in [0.2, 0.25) is 0 Å². The fraction of sp³-hybridized carbons (Fsp3) is 0.571. The molecule has 1 heterocycles. The minimum atomic E-state index is -4.33. The molecule has 1 unspecified atom stereocenters. The predicted molar refractivity (Wildman–Crippen MR) is 69.8 cm³/mol. The van der Waals surface area contributed by atoms with Gasteiger partial charge in [-0.15, -0.1) is 0 Å². The molecular weight excluding hydrogens is 269 g/mol. The van der Waals surface area contributed by atoms with Crippen LogP contribution in [0.1, 0.15) is 24.0 Å². The third-order valence-electron chi connectivity index (χ3n) is 3.81. The molecule has 1 aromatic rings. The van der Waals surface area contributed by atoms with E-state index in [1.54, 1.807) is 6.07 Å². The van der Waals surface area contributed by atoms with Gasteiger partial charge in [0, 0.05) is 19.3 Å². The fourth-order valence-corrected chi connectivity index (χ4v) is 2.69. The lowest BCUT2D eigenvalue weighted by Crippen LogP contribution is -2.44. The molecule has 1 saturated heterocycles. The first-order valence-corrected chi connectivity index (χ1v) is 6.71. The van der Waals surface area contributed by atoms with Gasteiger partial charge < -0.3 is 4.74 Å². The summed E-state index contributed by atoms with van der Waals surface area (Å²) < 4.78 is 44.2. The number of halogens is 3. The average molecular weight is 288 g/mol. The van der Waals surface area contributed by atoms with Crippen LogP contribution in [0.4, 0.5) is 13.2 Å². The Morgan fingerprint density at radius 2 is 1.90 bits per heavy atom. The van der Waals surface area contributed by atoms with Crippen molar-refractivity contribution >= 4 is 0 Å². The number of hydrogen-bond donors (Lipinski definition) is 2. The molecule has 0 radical (unpaired) electrons. The molecule has 0 bridgehead atoms. The van der Waals surface area contributed by atoms with Crippen LogP contribution in [0.25, 0.3) is 0 Å². The topological polar surface area (TPSA) is 47.3 Å². The van der Waals surface area contributed by atoms with E-state index in [9.17, 15) is 13.2 Å². The molecular formula is C14H19F3N2O. The van der Waals surface area contributed by atoms with Gasteiger partial charge in [0.05, 0.1) is 5.56 Å². The molecule has 1 fully saturated rings. The molecule has 0 aromatic heterocycles. The Labute approximate surface area is 116 Å². The van der Waals surface area contributed by atoms with Gasteiger partial charge in [-0.1, -0.05) is 18.2 Å². The Bertz CT molecular complexity index is 431. The van der Waals surface area contributed by atoms with Gasteiger partial charge in [-0.25, -0.2) is 0 Å². The summed E-state index contributed by atoms with van der Waals surface area (Å²) in [6, 6.07) is 5.51. The molecule has 6 heteroatoms. The number of nitrogens with one attached hydrogen (secondary N) is 1. The molecule has 0 aliphatic carbocycles. The number of ether oxygens (including phenoxy) is 1. The number of rotatable bonds is 4. The predicted octanol–water partition coefficient (Wildman–Crippen LogP) is 2.51. The highest BCUT2D eigenvalue weighted by atomic mass is 19.4. The summed E-state index contributed by atoms with van der Waals surface area (Å²) in [7, 11) is 0. The third-order valence-corrected chi connectivity index (χ3v) is 3.81. The molecule has 0 spiro atoms. The standard InChI is InChI=1S/C14H19F3N2O/c15-14(16,17)12-4-2-1-3-11(12)9-13(19-18)10-5-7-20-8-6-10/h1-4,10,13,19H,5-9,18H2. The second kappa shape index (κ2) is 6.56. The first-order chi connectivity index (χ1) is 9.52. The van der Waals surface area contributed by atoms with Crippen molar-refractivity contribution in [3.63, 3.8) is 0 Å². The molecule has 20 heavy (non-hydrogen) atoms. The molecule has 3 N–H and O–H groups in total. The van der Waals surface area contributed by atoms with Crippen LogP contribution >= 0.6 is 0 Å². The SMILES string of the molecule is NNC(Cc1ccccc1C(F)(F)F)C1CCOCC1. The molecule has 1 aromatic carbocycles. The lowest BCUT2D eigenvalue weighted by atomic mass is 9.87. The van der Waals surface area contributed by atoms with Crippen LogP contribution in [0.5, 0.6) is 0 Å². The van der Waals surface area contributed by atoms with E-state index >= 15 is 0 Å². The summed E-state index contributed by atoms with van der Waals surface area (Å²) in [5.74, 6) is 5.78. The van der Waals surface area contributed by atoms with Gasteiger partial charge in [0.1, 0.15) is 0 Å². The van der Waals surface area contributed by atoms with E-state index in [4.69, 9.17) is 10.6 Å². The van der Waals surface area contributed by atoms with Crippen LogP contribution in [0, 0.1) is 5.92 Å². The number of nitrogens with two attached hydrogens (primary N) is 1. The van der Waals surface area contributed by atoms with E-state index in [0.717, 1.165) is 18.9 Å². The fourth-order valence-electron chi connectivity index (χ4n) is 2.69. The van der Waals surface area contributed by atoms with Crippen molar-refractivity contribution in [1.82, 2.24) is 5.43 Å². The van der Waals surface area contributed by atoms with E-state index in [1.807, 2.05) is 0 Å². The molecule has 1 aliphatic rings. The van der Waals surface area contributed by atoms with Crippen molar-refractivity contribution in [3.05, 3.63) is 35.4 Å². The summed E-state index contributed by atoms with van der Waals surface area (Å²) >= 11 is 0. The lowest BCUT2D eigenvalue weighted by molar-refractivity contribution is -0.138. The largest absolute Gasteiger partial charge is 0.416 e. The second-order valence-electron chi connectivity index (χ2n) is 5.08. The zero-order valence-corrected chi connectivity index (χ0v) is 11.1. The highest BCUT2D eigenvalue weighted by Gasteiger charge is 2.34. The third kappa shape index (κ3) is 3.71. The minimum absolute atomic E-state index is 0.164. The monoisotopic (exact) mass is 288 g/mol. The van der Waals surface area contributed by atoms with Crippen LogP contribution in [0.15, 0.2) is 24.3 Å². The van der Waals surface area contributed by atoms with Crippen LogP contribution in [0.2, 0.25) is 0 Å².